The zero-order chi connectivity index (χ0) is 30.2. The molecule has 2 aromatic carbocycles. The molecule has 0 radical (unpaired) electrons. The number of rotatable bonds is 4. The van der Waals surface area contributed by atoms with Crippen LogP contribution in [-0.4, -0.2) is 51.6 Å². The maximum atomic E-state index is 14.1. The van der Waals surface area contributed by atoms with Gasteiger partial charge in [-0.25, -0.2) is 18.1 Å². The summed E-state index contributed by atoms with van der Waals surface area (Å²) in [6.45, 7) is 10.6. The minimum atomic E-state index is -4.13. The molecule has 1 aliphatic rings. The lowest BCUT2D eigenvalue weighted by Crippen LogP contribution is -2.45. The van der Waals surface area contributed by atoms with Crippen LogP contribution in [0.2, 0.25) is 0 Å². The normalized spacial score (nSPS) is 17.0. The summed E-state index contributed by atoms with van der Waals surface area (Å²) in [5, 5.41) is 4.51. The molecule has 0 spiro atoms. The lowest BCUT2D eigenvalue weighted by Gasteiger charge is -2.35. The summed E-state index contributed by atoms with van der Waals surface area (Å²) in [5.74, 6) is -0.224. The summed E-state index contributed by atoms with van der Waals surface area (Å²) in [6, 6.07) is 15.1. The second kappa shape index (κ2) is 11.2. The van der Waals surface area contributed by atoms with Crippen LogP contribution in [-0.2, 0) is 23.6 Å². The lowest BCUT2D eigenvalue weighted by molar-refractivity contribution is 0.0509. The number of hydrogen-bond donors (Lipinski definition) is 1. The van der Waals surface area contributed by atoms with Crippen molar-refractivity contribution in [1.82, 2.24) is 24.6 Å². The van der Waals surface area contributed by atoms with Gasteiger partial charge in [0.15, 0.2) is 0 Å². The summed E-state index contributed by atoms with van der Waals surface area (Å²) < 4.78 is 37.5. The molecule has 0 fully saturated rings. The van der Waals surface area contributed by atoms with Gasteiger partial charge in [-0.3, -0.25) is 9.48 Å². The number of carbonyl (C=O) groups is 1. The number of aryl methyl sites for hydroxylation is 3. The molecule has 5 rings (SSSR count). The second-order valence-corrected chi connectivity index (χ2v) is 13.6. The Morgan fingerprint density at radius 3 is 2.40 bits per heavy atom. The SMILES string of the molecule is Cc1cccc(C)c1-c1cc2nc(n1)NS(=O)(=O)c1cccc(c1)C(=O)N(Cc1ccn(C)n1)[C@H](CC(C)(C)C)CO2. The number of aromatic nitrogens is 4. The molecule has 1 N–H and O–H groups in total. The van der Waals surface area contributed by atoms with Crippen LogP contribution in [0.15, 0.2) is 65.7 Å². The number of anilines is 1. The summed E-state index contributed by atoms with van der Waals surface area (Å²) in [6.07, 6.45) is 2.44. The van der Waals surface area contributed by atoms with Crippen molar-refractivity contribution in [3.63, 3.8) is 0 Å². The minimum Gasteiger partial charge on any atom is -0.475 e. The smallest absolute Gasteiger partial charge is 0.264 e. The van der Waals surface area contributed by atoms with E-state index in [4.69, 9.17) is 4.74 Å². The van der Waals surface area contributed by atoms with Crippen LogP contribution in [0.1, 0.15) is 54.4 Å². The van der Waals surface area contributed by atoms with Crippen LogP contribution in [0.4, 0.5) is 5.95 Å². The maximum Gasteiger partial charge on any atom is 0.264 e. The van der Waals surface area contributed by atoms with Gasteiger partial charge in [0.05, 0.1) is 28.9 Å². The van der Waals surface area contributed by atoms with E-state index in [-0.39, 0.29) is 52.8 Å². The quantitative estimate of drug-likeness (QED) is 0.351. The highest BCUT2D eigenvalue weighted by atomic mass is 32.2. The van der Waals surface area contributed by atoms with Gasteiger partial charge in [-0.15, -0.1) is 0 Å². The molecule has 0 saturated heterocycles. The van der Waals surface area contributed by atoms with Crippen LogP contribution in [0.5, 0.6) is 5.88 Å². The molecule has 1 aliphatic heterocycles. The maximum absolute atomic E-state index is 14.1. The predicted octanol–water partition coefficient (Wildman–Crippen LogP) is 5.13. The van der Waals surface area contributed by atoms with Crippen LogP contribution >= 0.6 is 0 Å². The van der Waals surface area contributed by atoms with Crippen molar-refractivity contribution in [2.24, 2.45) is 12.5 Å². The highest BCUT2D eigenvalue weighted by molar-refractivity contribution is 7.92. The number of sulfonamides is 1. The Hall–Kier alpha value is -4.25. The van der Waals surface area contributed by atoms with Gasteiger partial charge in [-0.2, -0.15) is 10.1 Å². The van der Waals surface area contributed by atoms with E-state index >= 15 is 0 Å². The zero-order valence-corrected chi connectivity index (χ0v) is 25.6. The van der Waals surface area contributed by atoms with E-state index in [0.29, 0.717) is 17.8 Å². The minimum absolute atomic E-state index is 0.0682. The molecule has 0 unspecified atom stereocenters. The zero-order valence-electron chi connectivity index (χ0n) is 24.7. The number of amides is 1. The molecule has 42 heavy (non-hydrogen) atoms. The highest BCUT2D eigenvalue weighted by Gasteiger charge is 2.32. The Morgan fingerprint density at radius 1 is 1.02 bits per heavy atom. The predicted molar refractivity (Wildman–Crippen MR) is 161 cm³/mol. The Balaban J connectivity index is 1.68. The van der Waals surface area contributed by atoms with E-state index in [1.807, 2.05) is 51.4 Å². The molecule has 1 atom stereocenters. The number of nitrogens with one attached hydrogen (secondary N) is 1. The standard InChI is InChI=1S/C31H36N6O4S/c1-20-9-7-10-21(2)28(20)26-16-27-33-30(32-26)35-42(39,40)25-12-8-11-22(15-25)29(38)37(18-23-13-14-36(6)34-23)24(19-41-27)17-31(3,4)5/h7-16,24H,17-19H2,1-6H3,(H,32,33,35)/t24-/m1/s1. The van der Waals surface area contributed by atoms with Gasteiger partial charge in [-0.1, -0.05) is 45.0 Å². The molecule has 220 valence electrons. The van der Waals surface area contributed by atoms with Crippen molar-refractivity contribution in [2.75, 3.05) is 11.3 Å². The van der Waals surface area contributed by atoms with Crippen LogP contribution in [0.25, 0.3) is 11.3 Å². The Morgan fingerprint density at radius 2 is 1.74 bits per heavy atom. The first-order valence-electron chi connectivity index (χ1n) is 13.8. The summed E-state index contributed by atoms with van der Waals surface area (Å²) >= 11 is 0. The van der Waals surface area contributed by atoms with E-state index in [1.54, 1.807) is 27.8 Å². The fourth-order valence-electron chi connectivity index (χ4n) is 5.27. The summed E-state index contributed by atoms with van der Waals surface area (Å²) in [4.78, 5) is 24.8. The summed E-state index contributed by atoms with van der Waals surface area (Å²) in [5.41, 5.74) is 4.17. The van der Waals surface area contributed by atoms with E-state index in [9.17, 15) is 13.2 Å². The van der Waals surface area contributed by atoms with Crippen molar-refractivity contribution >= 4 is 21.9 Å². The third kappa shape index (κ3) is 6.46. The van der Waals surface area contributed by atoms with Gasteiger partial charge in [0.25, 0.3) is 15.9 Å². The molecular weight excluding hydrogens is 552 g/mol. The van der Waals surface area contributed by atoms with Crippen molar-refractivity contribution in [2.45, 2.75) is 58.5 Å². The fourth-order valence-corrected chi connectivity index (χ4v) is 6.26. The van der Waals surface area contributed by atoms with Crippen LogP contribution < -0.4 is 9.46 Å². The molecule has 11 heteroatoms. The van der Waals surface area contributed by atoms with Crippen molar-refractivity contribution in [1.29, 1.82) is 0 Å². The molecular formula is C31H36N6O4S. The van der Waals surface area contributed by atoms with E-state index < -0.39 is 10.0 Å². The average molecular weight is 589 g/mol. The second-order valence-electron chi connectivity index (χ2n) is 12.0. The first kappa shape index (κ1) is 29.2. The lowest BCUT2D eigenvalue weighted by atomic mass is 9.87. The first-order valence-corrected chi connectivity index (χ1v) is 15.3. The largest absolute Gasteiger partial charge is 0.475 e. The van der Waals surface area contributed by atoms with Crippen molar-refractivity contribution in [3.05, 3.63) is 83.2 Å². The van der Waals surface area contributed by atoms with Gasteiger partial charge in [0.1, 0.15) is 6.61 Å². The Labute approximate surface area is 246 Å². The van der Waals surface area contributed by atoms with E-state index in [2.05, 4.69) is 40.6 Å². The Kier molecular flexibility index (Phi) is 7.80. The molecule has 4 bridgehead atoms. The van der Waals surface area contributed by atoms with Gasteiger partial charge in [0, 0.05) is 30.4 Å². The van der Waals surface area contributed by atoms with Gasteiger partial charge < -0.3 is 9.64 Å². The molecule has 3 heterocycles. The highest BCUT2D eigenvalue weighted by Crippen LogP contribution is 2.31. The number of carbonyl (C=O) groups excluding carboxylic acids is 1. The number of hydrogen-bond acceptors (Lipinski definition) is 7. The third-order valence-electron chi connectivity index (χ3n) is 7.13. The number of benzene rings is 2. The topological polar surface area (TPSA) is 119 Å². The van der Waals surface area contributed by atoms with Gasteiger partial charge >= 0.3 is 0 Å². The molecule has 0 aliphatic carbocycles. The van der Waals surface area contributed by atoms with E-state index in [0.717, 1.165) is 16.7 Å². The van der Waals surface area contributed by atoms with Gasteiger partial charge in [-0.05, 0) is 61.1 Å². The van der Waals surface area contributed by atoms with Gasteiger partial charge in [0.2, 0.25) is 11.8 Å². The van der Waals surface area contributed by atoms with E-state index in [1.165, 1.54) is 12.1 Å². The Bertz CT molecular complexity index is 1720. The monoisotopic (exact) mass is 588 g/mol. The van der Waals surface area contributed by atoms with Crippen molar-refractivity contribution in [3.8, 4) is 17.1 Å². The van der Waals surface area contributed by atoms with Crippen LogP contribution in [0.3, 0.4) is 0 Å². The molecule has 10 nitrogen and oxygen atoms in total. The summed E-state index contributed by atoms with van der Waals surface area (Å²) in [7, 11) is -2.31. The third-order valence-corrected chi connectivity index (χ3v) is 8.46. The van der Waals surface area contributed by atoms with Crippen LogP contribution in [0, 0.1) is 19.3 Å². The molecule has 2 aromatic heterocycles. The molecule has 1 amide bonds. The molecule has 4 aromatic rings. The number of fused-ring (bicyclic) bond motifs is 4. The first-order chi connectivity index (χ1) is 19.8. The fraction of sp³-hybridized carbons (Fsp3) is 0.355. The molecule has 0 saturated carbocycles. The average Bonchev–Trinajstić information content (AvgIpc) is 3.32. The number of ether oxygens (including phenoxy) is 1. The van der Waals surface area contributed by atoms with Crippen molar-refractivity contribution < 1.29 is 17.9 Å². The number of nitrogens with zero attached hydrogens (tertiary/aromatic N) is 5.